The highest BCUT2D eigenvalue weighted by Gasteiger charge is 2.06. The zero-order valence-corrected chi connectivity index (χ0v) is 12.0. The van der Waals surface area contributed by atoms with Crippen molar-refractivity contribution in [2.45, 2.75) is 46.3 Å². The Labute approximate surface area is 114 Å². The maximum absolute atomic E-state index is 4.34. The lowest BCUT2D eigenvalue weighted by molar-refractivity contribution is 0.452. The molecule has 0 radical (unpaired) electrons. The average molecular weight is 261 g/mol. The summed E-state index contributed by atoms with van der Waals surface area (Å²) in [6.07, 6.45) is 8.77. The Hall–Kier alpha value is -1.62. The Morgan fingerprint density at radius 1 is 1.21 bits per heavy atom. The Morgan fingerprint density at radius 3 is 2.63 bits per heavy atom. The fraction of sp³-hybridized carbons (Fsp3) is 0.571. The van der Waals surface area contributed by atoms with E-state index in [1.165, 1.54) is 0 Å². The standard InChI is InChI=1S/C14H23N5/c1-4-14-17-7-10-19(14)11-12(2)15-5-8-18-9-6-16-13(18)3/h6-7,9-10,12,15H,4-5,8,11H2,1-3H3/t12-/m0/s1. The van der Waals surface area contributed by atoms with Gasteiger partial charge in [0.25, 0.3) is 0 Å². The molecule has 1 N–H and O–H groups in total. The van der Waals surface area contributed by atoms with Crippen LogP contribution in [-0.2, 0) is 19.5 Å². The van der Waals surface area contributed by atoms with Crippen LogP contribution in [0.25, 0.3) is 0 Å². The maximum Gasteiger partial charge on any atom is 0.108 e. The van der Waals surface area contributed by atoms with E-state index in [1.54, 1.807) is 0 Å². The highest BCUT2D eigenvalue weighted by atomic mass is 15.1. The molecule has 0 spiro atoms. The maximum atomic E-state index is 4.34. The van der Waals surface area contributed by atoms with Crippen LogP contribution < -0.4 is 5.32 Å². The van der Waals surface area contributed by atoms with Gasteiger partial charge in [0.1, 0.15) is 11.6 Å². The fourth-order valence-corrected chi connectivity index (χ4v) is 2.25. The van der Waals surface area contributed by atoms with Crippen molar-refractivity contribution in [3.63, 3.8) is 0 Å². The topological polar surface area (TPSA) is 47.7 Å². The SMILES string of the molecule is CCc1nccn1C[C@H](C)NCCn1ccnc1C. The van der Waals surface area contributed by atoms with Gasteiger partial charge in [0.15, 0.2) is 0 Å². The molecule has 0 saturated heterocycles. The zero-order chi connectivity index (χ0) is 13.7. The molecule has 0 aliphatic rings. The number of imidazole rings is 2. The number of aryl methyl sites for hydroxylation is 2. The molecular formula is C14H23N5. The van der Waals surface area contributed by atoms with Gasteiger partial charge < -0.3 is 14.5 Å². The van der Waals surface area contributed by atoms with Gasteiger partial charge in [-0.15, -0.1) is 0 Å². The summed E-state index contributed by atoms with van der Waals surface area (Å²) in [5, 5.41) is 3.54. The molecule has 2 rings (SSSR count). The second kappa shape index (κ2) is 6.52. The van der Waals surface area contributed by atoms with Crippen LogP contribution in [0.15, 0.2) is 24.8 Å². The van der Waals surface area contributed by atoms with Gasteiger partial charge in [0, 0.05) is 56.9 Å². The number of nitrogens with one attached hydrogen (secondary N) is 1. The van der Waals surface area contributed by atoms with E-state index in [-0.39, 0.29) is 0 Å². The van der Waals surface area contributed by atoms with Crippen molar-refractivity contribution >= 4 is 0 Å². The second-order valence-electron chi connectivity index (χ2n) is 4.87. The summed E-state index contributed by atoms with van der Waals surface area (Å²) in [4.78, 5) is 8.56. The smallest absolute Gasteiger partial charge is 0.108 e. The predicted molar refractivity (Wildman–Crippen MR) is 76.0 cm³/mol. The summed E-state index contributed by atoms with van der Waals surface area (Å²) in [5.74, 6) is 2.22. The average Bonchev–Trinajstić information content (AvgIpc) is 2.99. The van der Waals surface area contributed by atoms with Crippen LogP contribution in [-0.4, -0.2) is 31.7 Å². The van der Waals surface area contributed by atoms with Crippen molar-refractivity contribution in [1.82, 2.24) is 24.4 Å². The molecule has 5 nitrogen and oxygen atoms in total. The Bertz CT molecular complexity index is 499. The summed E-state index contributed by atoms with van der Waals surface area (Å²) in [6.45, 7) is 9.25. The summed E-state index contributed by atoms with van der Waals surface area (Å²) in [7, 11) is 0. The first-order valence-electron chi connectivity index (χ1n) is 6.91. The molecular weight excluding hydrogens is 238 g/mol. The molecule has 0 amide bonds. The minimum absolute atomic E-state index is 0.434. The van der Waals surface area contributed by atoms with E-state index < -0.39 is 0 Å². The molecule has 2 heterocycles. The molecule has 2 aromatic rings. The van der Waals surface area contributed by atoms with E-state index in [4.69, 9.17) is 0 Å². The van der Waals surface area contributed by atoms with Gasteiger partial charge in [-0.2, -0.15) is 0 Å². The third-order valence-electron chi connectivity index (χ3n) is 3.36. The van der Waals surface area contributed by atoms with Crippen LogP contribution in [0.2, 0.25) is 0 Å². The summed E-state index contributed by atoms with van der Waals surface area (Å²) >= 11 is 0. The minimum atomic E-state index is 0.434. The van der Waals surface area contributed by atoms with Gasteiger partial charge >= 0.3 is 0 Å². The molecule has 0 bridgehead atoms. The van der Waals surface area contributed by atoms with E-state index in [0.29, 0.717) is 6.04 Å². The lowest BCUT2D eigenvalue weighted by Crippen LogP contribution is -2.33. The van der Waals surface area contributed by atoms with Crippen molar-refractivity contribution in [3.05, 3.63) is 36.4 Å². The van der Waals surface area contributed by atoms with Crippen LogP contribution in [0.1, 0.15) is 25.5 Å². The summed E-state index contributed by atoms with van der Waals surface area (Å²) in [6, 6.07) is 0.434. The number of nitrogens with zero attached hydrogens (tertiary/aromatic N) is 4. The van der Waals surface area contributed by atoms with Crippen LogP contribution >= 0.6 is 0 Å². The molecule has 2 aromatic heterocycles. The predicted octanol–water partition coefficient (Wildman–Crippen LogP) is 1.63. The molecule has 0 aliphatic carbocycles. The lowest BCUT2D eigenvalue weighted by atomic mass is 10.3. The Morgan fingerprint density at radius 2 is 1.95 bits per heavy atom. The summed E-state index contributed by atoms with van der Waals surface area (Å²) in [5.41, 5.74) is 0. The number of aromatic nitrogens is 4. The largest absolute Gasteiger partial charge is 0.334 e. The minimum Gasteiger partial charge on any atom is -0.334 e. The molecule has 0 saturated carbocycles. The number of hydrogen-bond donors (Lipinski definition) is 1. The van der Waals surface area contributed by atoms with Gasteiger partial charge in [0.2, 0.25) is 0 Å². The molecule has 19 heavy (non-hydrogen) atoms. The van der Waals surface area contributed by atoms with Gasteiger partial charge in [-0.25, -0.2) is 9.97 Å². The number of rotatable bonds is 7. The highest BCUT2D eigenvalue weighted by molar-refractivity contribution is 4.92. The molecule has 5 heteroatoms. The van der Waals surface area contributed by atoms with Crippen LogP contribution in [0, 0.1) is 6.92 Å². The first kappa shape index (κ1) is 13.8. The van der Waals surface area contributed by atoms with E-state index in [1.807, 2.05) is 25.5 Å². The van der Waals surface area contributed by atoms with Crippen molar-refractivity contribution in [2.75, 3.05) is 6.54 Å². The van der Waals surface area contributed by atoms with Crippen molar-refractivity contribution in [3.8, 4) is 0 Å². The van der Waals surface area contributed by atoms with Gasteiger partial charge in [-0.05, 0) is 13.8 Å². The molecule has 0 aromatic carbocycles. The van der Waals surface area contributed by atoms with Gasteiger partial charge in [0.05, 0.1) is 0 Å². The first-order valence-corrected chi connectivity index (χ1v) is 6.91. The normalized spacial score (nSPS) is 12.8. The van der Waals surface area contributed by atoms with Gasteiger partial charge in [-0.3, -0.25) is 0 Å². The monoisotopic (exact) mass is 261 g/mol. The highest BCUT2D eigenvalue weighted by Crippen LogP contribution is 2.00. The van der Waals surface area contributed by atoms with Crippen LogP contribution in [0.5, 0.6) is 0 Å². The van der Waals surface area contributed by atoms with Gasteiger partial charge in [-0.1, -0.05) is 6.92 Å². The number of hydrogen-bond acceptors (Lipinski definition) is 3. The fourth-order valence-electron chi connectivity index (χ4n) is 2.25. The van der Waals surface area contributed by atoms with E-state index in [2.05, 4.69) is 44.5 Å². The quantitative estimate of drug-likeness (QED) is 0.824. The van der Waals surface area contributed by atoms with Crippen molar-refractivity contribution in [2.24, 2.45) is 0 Å². The van der Waals surface area contributed by atoms with E-state index in [0.717, 1.165) is 37.7 Å². The Kier molecular flexibility index (Phi) is 4.74. The molecule has 1 atom stereocenters. The van der Waals surface area contributed by atoms with E-state index >= 15 is 0 Å². The van der Waals surface area contributed by atoms with Crippen LogP contribution in [0.4, 0.5) is 0 Å². The molecule has 104 valence electrons. The van der Waals surface area contributed by atoms with E-state index in [9.17, 15) is 0 Å². The molecule has 0 fully saturated rings. The second-order valence-corrected chi connectivity index (χ2v) is 4.87. The summed E-state index contributed by atoms with van der Waals surface area (Å²) < 4.78 is 4.38. The lowest BCUT2D eigenvalue weighted by Gasteiger charge is -2.16. The third kappa shape index (κ3) is 3.67. The third-order valence-corrected chi connectivity index (χ3v) is 3.36. The molecule has 0 unspecified atom stereocenters. The van der Waals surface area contributed by atoms with Crippen molar-refractivity contribution in [1.29, 1.82) is 0 Å². The molecule has 0 aliphatic heterocycles. The zero-order valence-electron chi connectivity index (χ0n) is 12.0. The van der Waals surface area contributed by atoms with Crippen molar-refractivity contribution < 1.29 is 0 Å². The Balaban J connectivity index is 1.76. The van der Waals surface area contributed by atoms with Crippen LogP contribution in [0.3, 0.4) is 0 Å². The first-order chi connectivity index (χ1) is 9.20.